The van der Waals surface area contributed by atoms with E-state index in [0.29, 0.717) is 17.4 Å². The van der Waals surface area contributed by atoms with Crippen LogP contribution in [0.25, 0.3) is 10.2 Å². The normalized spacial score (nSPS) is 32.4. The summed E-state index contributed by atoms with van der Waals surface area (Å²) in [6, 6.07) is 6.18. The third-order valence-electron chi connectivity index (χ3n) is 6.71. The second-order valence-electron chi connectivity index (χ2n) is 9.47. The van der Waals surface area contributed by atoms with Crippen molar-refractivity contribution in [2.45, 2.75) is 75.5 Å². The second kappa shape index (κ2) is 5.91. The van der Waals surface area contributed by atoms with Crippen LogP contribution in [0.2, 0.25) is 5.02 Å². The van der Waals surface area contributed by atoms with Gasteiger partial charge >= 0.3 is 0 Å². The number of halogens is 1. The number of benzene rings is 1. The molecule has 4 nitrogen and oxygen atoms in total. The average molecular weight is 405 g/mol. The molecular weight excluding hydrogens is 380 g/mol. The van der Waals surface area contributed by atoms with E-state index in [1.54, 1.807) is 11.3 Å². The molecular formula is C21H25ClN2O2S. The zero-order valence-electron chi connectivity index (χ0n) is 15.7. The molecule has 6 heteroatoms. The molecule has 4 aliphatic rings. The number of hydrogen-bond acceptors (Lipinski definition) is 4. The molecule has 1 aromatic heterocycles. The summed E-state index contributed by atoms with van der Waals surface area (Å²) in [6.45, 7) is 4.21. The van der Waals surface area contributed by atoms with Crippen molar-refractivity contribution in [3.8, 4) is 0 Å². The number of carbonyl (C=O) groups excluding carboxylic acids is 1. The highest BCUT2D eigenvalue weighted by atomic mass is 35.5. The minimum atomic E-state index is -0.519. The van der Waals surface area contributed by atoms with Gasteiger partial charge in [0, 0.05) is 28.9 Å². The van der Waals surface area contributed by atoms with Crippen molar-refractivity contribution >= 4 is 39.1 Å². The lowest BCUT2D eigenvalue weighted by molar-refractivity contribution is -0.175. The fraction of sp³-hybridized carbons (Fsp3) is 0.619. The Kier molecular flexibility index (Phi) is 3.92. The predicted octanol–water partition coefficient (Wildman–Crippen LogP) is 4.52. The molecule has 27 heavy (non-hydrogen) atoms. The molecule has 4 fully saturated rings. The van der Waals surface area contributed by atoms with E-state index >= 15 is 0 Å². The third-order valence-corrected chi connectivity index (χ3v) is 8.33. The van der Waals surface area contributed by atoms with Crippen molar-refractivity contribution in [3.05, 3.63) is 28.2 Å². The molecule has 4 bridgehead atoms. The smallest absolute Gasteiger partial charge is 0.224 e. The van der Waals surface area contributed by atoms with Gasteiger partial charge in [0.2, 0.25) is 5.91 Å². The number of nitrogens with zero attached hydrogens (tertiary/aromatic N) is 2. The molecule has 2 saturated carbocycles. The molecule has 0 spiro atoms. The quantitative estimate of drug-likeness (QED) is 0.818. The van der Waals surface area contributed by atoms with Crippen LogP contribution in [0.3, 0.4) is 0 Å². The van der Waals surface area contributed by atoms with Gasteiger partial charge in [0.1, 0.15) is 0 Å². The SMILES string of the molecule is CC(C)(CC(=O)N1C2CC3C[C@H]1CC(O)(C3)C2)c1nc2ccc(Cl)cc2s1. The van der Waals surface area contributed by atoms with Crippen LogP contribution in [0.5, 0.6) is 0 Å². The monoisotopic (exact) mass is 404 g/mol. The van der Waals surface area contributed by atoms with E-state index in [2.05, 4.69) is 18.7 Å². The molecule has 2 saturated heterocycles. The molecule has 1 N–H and O–H groups in total. The van der Waals surface area contributed by atoms with E-state index in [-0.39, 0.29) is 23.4 Å². The van der Waals surface area contributed by atoms with Crippen molar-refractivity contribution < 1.29 is 9.90 Å². The number of hydrogen-bond donors (Lipinski definition) is 1. The van der Waals surface area contributed by atoms with Gasteiger partial charge in [-0.25, -0.2) is 4.98 Å². The van der Waals surface area contributed by atoms with Crippen molar-refractivity contribution in [2.24, 2.45) is 5.92 Å². The predicted molar refractivity (Wildman–Crippen MR) is 108 cm³/mol. The Labute approximate surface area is 168 Å². The summed E-state index contributed by atoms with van der Waals surface area (Å²) in [5.41, 5.74) is 0.102. The first-order valence-electron chi connectivity index (χ1n) is 9.83. The molecule has 0 radical (unpaired) electrons. The van der Waals surface area contributed by atoms with Crippen LogP contribution in [0, 0.1) is 5.92 Å². The van der Waals surface area contributed by atoms with Crippen molar-refractivity contribution in [1.29, 1.82) is 0 Å². The summed E-state index contributed by atoms with van der Waals surface area (Å²) in [5.74, 6) is 0.813. The lowest BCUT2D eigenvalue weighted by Crippen LogP contribution is -2.66. The fourth-order valence-electron chi connectivity index (χ4n) is 5.73. The Morgan fingerprint density at radius 1 is 1.33 bits per heavy atom. The zero-order chi connectivity index (χ0) is 19.0. The van der Waals surface area contributed by atoms with Crippen molar-refractivity contribution in [3.63, 3.8) is 0 Å². The van der Waals surface area contributed by atoms with Crippen LogP contribution >= 0.6 is 22.9 Å². The Morgan fingerprint density at radius 3 is 2.70 bits per heavy atom. The minimum Gasteiger partial charge on any atom is -0.390 e. The minimum absolute atomic E-state index is 0.217. The van der Waals surface area contributed by atoms with Crippen LogP contribution in [-0.2, 0) is 10.2 Å². The number of amides is 1. The van der Waals surface area contributed by atoms with Gasteiger partial charge in [-0.2, -0.15) is 0 Å². The van der Waals surface area contributed by atoms with E-state index in [9.17, 15) is 9.90 Å². The fourth-order valence-corrected chi connectivity index (χ4v) is 7.07. The van der Waals surface area contributed by atoms with E-state index in [1.807, 2.05) is 18.2 Å². The van der Waals surface area contributed by atoms with Crippen LogP contribution in [0.15, 0.2) is 18.2 Å². The van der Waals surface area contributed by atoms with Gasteiger partial charge in [0.05, 0.1) is 20.8 Å². The van der Waals surface area contributed by atoms with E-state index < -0.39 is 5.60 Å². The zero-order valence-corrected chi connectivity index (χ0v) is 17.3. The Balaban J connectivity index is 1.38. The Bertz CT molecular complexity index is 908. The summed E-state index contributed by atoms with van der Waals surface area (Å²) in [6.07, 6.45) is 5.02. The molecule has 4 atom stereocenters. The van der Waals surface area contributed by atoms with E-state index in [1.165, 1.54) is 0 Å². The highest BCUT2D eigenvalue weighted by molar-refractivity contribution is 7.18. The molecule has 6 rings (SSSR count). The van der Waals surface area contributed by atoms with Crippen molar-refractivity contribution in [2.75, 3.05) is 0 Å². The topological polar surface area (TPSA) is 53.4 Å². The van der Waals surface area contributed by atoms with Gasteiger partial charge in [-0.3, -0.25) is 4.79 Å². The summed E-state index contributed by atoms with van der Waals surface area (Å²) < 4.78 is 1.06. The number of piperidine rings is 2. The Hall–Kier alpha value is -1.17. The van der Waals surface area contributed by atoms with Crippen LogP contribution in [-0.4, -0.2) is 38.6 Å². The van der Waals surface area contributed by atoms with Gasteiger partial charge in [-0.15, -0.1) is 11.3 Å². The molecule has 3 unspecified atom stereocenters. The van der Waals surface area contributed by atoms with E-state index in [0.717, 1.165) is 47.3 Å². The summed E-state index contributed by atoms with van der Waals surface area (Å²) >= 11 is 7.74. The number of carbonyl (C=O) groups is 1. The third kappa shape index (κ3) is 2.99. The second-order valence-corrected chi connectivity index (χ2v) is 10.9. The van der Waals surface area contributed by atoms with Crippen LogP contribution in [0.1, 0.15) is 57.4 Å². The lowest BCUT2D eigenvalue weighted by atomic mass is 9.61. The number of thiazole rings is 1. The number of fused-ring (bicyclic) bond motifs is 1. The molecule has 1 amide bonds. The van der Waals surface area contributed by atoms with Crippen molar-refractivity contribution in [1.82, 2.24) is 9.88 Å². The summed E-state index contributed by atoms with van der Waals surface area (Å²) in [4.78, 5) is 20.2. The lowest BCUT2D eigenvalue weighted by Gasteiger charge is -2.60. The van der Waals surface area contributed by atoms with Crippen LogP contribution in [0.4, 0.5) is 0 Å². The number of aliphatic hydroxyl groups is 1. The van der Waals surface area contributed by atoms with Crippen LogP contribution < -0.4 is 0 Å². The van der Waals surface area contributed by atoms with E-state index in [4.69, 9.17) is 16.6 Å². The Morgan fingerprint density at radius 2 is 2.04 bits per heavy atom. The highest BCUT2D eigenvalue weighted by Gasteiger charge is 2.55. The maximum Gasteiger partial charge on any atom is 0.224 e. The highest BCUT2D eigenvalue weighted by Crippen LogP contribution is 2.51. The summed E-state index contributed by atoms with van der Waals surface area (Å²) in [7, 11) is 0. The van der Waals surface area contributed by atoms with Gasteiger partial charge in [-0.05, 0) is 56.2 Å². The number of rotatable bonds is 3. The molecule has 144 valence electrons. The summed E-state index contributed by atoms with van der Waals surface area (Å²) in [5, 5.41) is 12.5. The van der Waals surface area contributed by atoms with Gasteiger partial charge in [0.25, 0.3) is 0 Å². The standard InChI is InChI=1S/C21H25ClN2O2S/c1-20(2,19-23-16-4-3-13(22)7-17(16)27-19)11-18(25)24-14-5-12-6-15(24)10-21(26,8-12)9-14/h3-4,7,12,14-15,26H,5-6,8-11H2,1-2H3/t12?,14-,15?,21?/m0/s1. The average Bonchev–Trinajstić information content (AvgIpc) is 2.96. The van der Waals surface area contributed by atoms with Gasteiger partial charge in [-0.1, -0.05) is 25.4 Å². The molecule has 2 aromatic rings. The molecule has 2 aliphatic carbocycles. The first-order chi connectivity index (χ1) is 12.7. The largest absolute Gasteiger partial charge is 0.390 e. The first-order valence-corrected chi connectivity index (χ1v) is 11.0. The number of aromatic nitrogens is 1. The molecule has 3 heterocycles. The maximum absolute atomic E-state index is 13.3. The molecule has 1 aromatic carbocycles. The first kappa shape index (κ1) is 17.9. The maximum atomic E-state index is 13.3. The van der Waals surface area contributed by atoms with Gasteiger partial charge < -0.3 is 10.0 Å². The molecule has 2 aliphatic heterocycles. The van der Waals surface area contributed by atoms with Gasteiger partial charge in [0.15, 0.2) is 0 Å².